The predicted octanol–water partition coefficient (Wildman–Crippen LogP) is 7.17. The molecule has 0 N–H and O–H groups in total. The molecule has 0 saturated heterocycles. The van der Waals surface area contributed by atoms with Crippen LogP contribution in [0.5, 0.6) is 0 Å². The monoisotopic (exact) mass is 406 g/mol. The fourth-order valence-corrected chi connectivity index (χ4v) is 7.64. The summed E-state index contributed by atoms with van der Waals surface area (Å²) in [7, 11) is 0. The van der Waals surface area contributed by atoms with Gasteiger partial charge in [0.1, 0.15) is 0 Å². The van der Waals surface area contributed by atoms with Gasteiger partial charge in [-0.3, -0.25) is 0 Å². The highest BCUT2D eigenvalue weighted by Crippen LogP contribution is 2.61. The highest BCUT2D eigenvalue weighted by Gasteiger charge is 2.54. The Morgan fingerprint density at radius 1 is 0.613 bits per heavy atom. The van der Waals surface area contributed by atoms with Crippen molar-refractivity contribution in [3.05, 3.63) is 105 Å². The minimum atomic E-state index is 0.307. The van der Waals surface area contributed by atoms with Crippen molar-refractivity contribution in [1.82, 2.24) is 0 Å². The molecule has 0 spiro atoms. The quantitative estimate of drug-likeness (QED) is 0.423. The molecule has 4 unspecified atom stereocenters. The molecule has 0 fully saturated rings. The van der Waals surface area contributed by atoms with Crippen LogP contribution in [-0.2, 0) is 32.1 Å². The van der Waals surface area contributed by atoms with Gasteiger partial charge in [0.05, 0.1) is 0 Å². The fourth-order valence-electron chi connectivity index (χ4n) is 7.64. The normalized spacial score (nSPS) is 30.8. The van der Waals surface area contributed by atoms with Crippen molar-refractivity contribution in [2.75, 3.05) is 0 Å². The number of fused-ring (bicyclic) bond motifs is 3. The van der Waals surface area contributed by atoms with E-state index in [-0.39, 0.29) is 0 Å². The zero-order chi connectivity index (χ0) is 21.4. The highest BCUT2D eigenvalue weighted by molar-refractivity contribution is 5.46. The van der Waals surface area contributed by atoms with Crippen LogP contribution in [0.15, 0.2) is 60.7 Å². The molecule has 3 aliphatic rings. The molecule has 3 aliphatic carbocycles. The molecule has 0 heterocycles. The van der Waals surface area contributed by atoms with Crippen molar-refractivity contribution in [2.24, 2.45) is 16.7 Å². The topological polar surface area (TPSA) is 0 Å². The first kappa shape index (κ1) is 19.4. The SMILES string of the molecule is Cc1ccc2c(c1)CC(C)(C1Cc3ccccc3C1C1(C)Cc3ccc(C)cc3C1)C2. The second-order valence-electron chi connectivity index (χ2n) is 11.5. The molecule has 6 rings (SSSR count). The molecule has 0 saturated carbocycles. The van der Waals surface area contributed by atoms with Gasteiger partial charge in [-0.15, -0.1) is 0 Å². The lowest BCUT2D eigenvalue weighted by Gasteiger charge is -2.43. The minimum Gasteiger partial charge on any atom is -0.0620 e. The molecule has 31 heavy (non-hydrogen) atoms. The van der Waals surface area contributed by atoms with E-state index >= 15 is 0 Å². The Balaban J connectivity index is 1.42. The first-order chi connectivity index (χ1) is 14.8. The van der Waals surface area contributed by atoms with Crippen LogP contribution >= 0.6 is 0 Å². The Kier molecular flexibility index (Phi) is 4.11. The minimum absolute atomic E-state index is 0.307. The van der Waals surface area contributed by atoms with E-state index in [2.05, 4.69) is 88.4 Å². The van der Waals surface area contributed by atoms with Gasteiger partial charge in [0, 0.05) is 0 Å². The molecule has 0 aromatic heterocycles. The summed E-state index contributed by atoms with van der Waals surface area (Å²) in [6.45, 7) is 9.67. The van der Waals surface area contributed by atoms with Gasteiger partial charge in [-0.05, 0) is 102 Å². The van der Waals surface area contributed by atoms with Gasteiger partial charge in [0.15, 0.2) is 0 Å². The van der Waals surface area contributed by atoms with Crippen molar-refractivity contribution in [3.63, 3.8) is 0 Å². The summed E-state index contributed by atoms with van der Waals surface area (Å²) in [5, 5.41) is 0. The van der Waals surface area contributed by atoms with Crippen LogP contribution in [0.4, 0.5) is 0 Å². The first-order valence-electron chi connectivity index (χ1n) is 12.1. The summed E-state index contributed by atoms with van der Waals surface area (Å²) in [6, 6.07) is 23.7. The van der Waals surface area contributed by atoms with E-state index in [0.717, 1.165) is 0 Å². The molecular formula is C31H34. The molecule has 0 amide bonds. The maximum absolute atomic E-state index is 2.60. The molecular weight excluding hydrogens is 372 g/mol. The van der Waals surface area contributed by atoms with Crippen molar-refractivity contribution in [2.45, 2.75) is 65.7 Å². The summed E-state index contributed by atoms with van der Waals surface area (Å²) in [5.74, 6) is 1.34. The Labute approximate surface area is 187 Å². The van der Waals surface area contributed by atoms with Crippen molar-refractivity contribution in [3.8, 4) is 0 Å². The summed E-state index contributed by atoms with van der Waals surface area (Å²) < 4.78 is 0. The summed E-state index contributed by atoms with van der Waals surface area (Å²) >= 11 is 0. The number of benzene rings is 3. The highest BCUT2D eigenvalue weighted by atomic mass is 14.6. The molecule has 158 valence electrons. The molecule has 0 bridgehead atoms. The first-order valence-corrected chi connectivity index (χ1v) is 12.1. The van der Waals surface area contributed by atoms with Gasteiger partial charge < -0.3 is 0 Å². The maximum Gasteiger partial charge on any atom is -0.00620 e. The molecule has 0 radical (unpaired) electrons. The van der Waals surface area contributed by atoms with Gasteiger partial charge in [0.25, 0.3) is 0 Å². The Morgan fingerprint density at radius 3 is 1.84 bits per heavy atom. The molecule has 0 heteroatoms. The Morgan fingerprint density at radius 2 is 1.16 bits per heavy atom. The second-order valence-corrected chi connectivity index (χ2v) is 11.5. The summed E-state index contributed by atoms with van der Waals surface area (Å²) in [6.07, 6.45) is 6.17. The van der Waals surface area contributed by atoms with Gasteiger partial charge in [-0.1, -0.05) is 85.6 Å². The second kappa shape index (κ2) is 6.58. The molecule has 0 aliphatic heterocycles. The van der Waals surface area contributed by atoms with E-state index in [4.69, 9.17) is 0 Å². The third-order valence-corrected chi connectivity index (χ3v) is 8.98. The Hall–Kier alpha value is -2.34. The zero-order valence-corrected chi connectivity index (χ0v) is 19.5. The van der Waals surface area contributed by atoms with Crippen molar-refractivity contribution < 1.29 is 0 Å². The molecule has 0 nitrogen and oxygen atoms in total. The van der Waals surface area contributed by atoms with Crippen molar-refractivity contribution >= 4 is 0 Å². The van der Waals surface area contributed by atoms with E-state index < -0.39 is 0 Å². The van der Waals surface area contributed by atoms with E-state index in [0.29, 0.717) is 22.7 Å². The van der Waals surface area contributed by atoms with Crippen LogP contribution in [0.2, 0.25) is 0 Å². The number of hydrogen-bond donors (Lipinski definition) is 0. The fraction of sp³-hybridized carbons (Fsp3) is 0.419. The smallest absolute Gasteiger partial charge is 0.00620 e. The predicted molar refractivity (Wildman–Crippen MR) is 130 cm³/mol. The van der Waals surface area contributed by atoms with Crippen molar-refractivity contribution in [1.29, 1.82) is 0 Å². The summed E-state index contributed by atoms with van der Waals surface area (Å²) in [5.41, 5.74) is 13.1. The average Bonchev–Trinajstić information content (AvgIpc) is 3.38. The number of hydrogen-bond acceptors (Lipinski definition) is 0. The van der Waals surface area contributed by atoms with Crippen LogP contribution < -0.4 is 0 Å². The van der Waals surface area contributed by atoms with Gasteiger partial charge in [-0.25, -0.2) is 0 Å². The van der Waals surface area contributed by atoms with Gasteiger partial charge in [0.2, 0.25) is 0 Å². The lowest BCUT2D eigenvalue weighted by atomic mass is 9.60. The van der Waals surface area contributed by atoms with Gasteiger partial charge in [-0.2, -0.15) is 0 Å². The number of rotatable bonds is 2. The lowest BCUT2D eigenvalue weighted by Crippen LogP contribution is -2.39. The largest absolute Gasteiger partial charge is 0.0620 e. The molecule has 4 atom stereocenters. The van der Waals surface area contributed by atoms with Crippen LogP contribution in [0, 0.1) is 30.6 Å². The van der Waals surface area contributed by atoms with E-state index in [1.54, 1.807) is 33.4 Å². The lowest BCUT2D eigenvalue weighted by molar-refractivity contribution is 0.104. The van der Waals surface area contributed by atoms with E-state index in [1.807, 2.05) is 0 Å². The molecule has 3 aromatic carbocycles. The Bertz CT molecular complexity index is 1180. The van der Waals surface area contributed by atoms with E-state index in [1.165, 1.54) is 43.2 Å². The van der Waals surface area contributed by atoms with Crippen LogP contribution in [-0.4, -0.2) is 0 Å². The standard InChI is InChI=1S/C31H34/c1-20-9-11-23-16-30(3,18-25(23)13-20)28-15-22-7-5-6-8-27(22)29(28)31(4)17-24-12-10-21(2)14-26(24)19-31/h5-14,28-29H,15-19H2,1-4H3. The van der Waals surface area contributed by atoms with Gasteiger partial charge >= 0.3 is 0 Å². The zero-order valence-electron chi connectivity index (χ0n) is 19.5. The maximum atomic E-state index is 2.60. The molecule has 3 aromatic rings. The summed E-state index contributed by atoms with van der Waals surface area (Å²) in [4.78, 5) is 0. The van der Waals surface area contributed by atoms with Crippen LogP contribution in [0.25, 0.3) is 0 Å². The average molecular weight is 407 g/mol. The number of aryl methyl sites for hydroxylation is 2. The third-order valence-electron chi connectivity index (χ3n) is 8.98. The van der Waals surface area contributed by atoms with Crippen LogP contribution in [0.1, 0.15) is 64.3 Å². The van der Waals surface area contributed by atoms with E-state index in [9.17, 15) is 0 Å². The van der Waals surface area contributed by atoms with Crippen LogP contribution in [0.3, 0.4) is 0 Å². The third kappa shape index (κ3) is 2.94.